The highest BCUT2D eigenvalue weighted by atomic mass is 35.5. The fourth-order valence-electron chi connectivity index (χ4n) is 3.14. The number of aromatic nitrogens is 1. The Hall–Kier alpha value is -2.89. The molecule has 0 unspecified atom stereocenters. The number of halogens is 2. The number of pyridine rings is 1. The van der Waals surface area contributed by atoms with Gasteiger partial charge in [0.15, 0.2) is 5.82 Å². The molecule has 0 aliphatic heterocycles. The van der Waals surface area contributed by atoms with Gasteiger partial charge in [0.25, 0.3) is 0 Å². The summed E-state index contributed by atoms with van der Waals surface area (Å²) in [7, 11) is 4.00. The Bertz CT molecular complexity index is 1130. The summed E-state index contributed by atoms with van der Waals surface area (Å²) in [5, 5.41) is 0.478. The van der Waals surface area contributed by atoms with Crippen LogP contribution in [0.15, 0.2) is 65.2 Å². The minimum Gasteiger partial charge on any atom is -0.492 e. The Labute approximate surface area is 173 Å². The molecule has 0 aliphatic carbocycles. The lowest BCUT2D eigenvalue weighted by Crippen LogP contribution is -2.19. The maximum atomic E-state index is 14.1. The smallest absolute Gasteiger partial charge is 0.229 e. The van der Waals surface area contributed by atoms with E-state index in [9.17, 15) is 4.39 Å². The Kier molecular flexibility index (Phi) is 5.51. The van der Waals surface area contributed by atoms with Gasteiger partial charge in [-0.15, -0.1) is 0 Å². The van der Waals surface area contributed by atoms with Crippen LogP contribution in [0.5, 0.6) is 5.75 Å². The maximum Gasteiger partial charge on any atom is 0.229 e. The molecule has 6 heteroatoms. The van der Waals surface area contributed by atoms with E-state index in [-0.39, 0.29) is 5.02 Å². The zero-order chi connectivity index (χ0) is 20.4. The van der Waals surface area contributed by atoms with Crippen molar-refractivity contribution in [2.45, 2.75) is 0 Å². The average Bonchev–Trinajstić information content (AvgIpc) is 3.12. The molecule has 0 radical (unpaired) electrons. The minimum atomic E-state index is -0.576. The van der Waals surface area contributed by atoms with E-state index < -0.39 is 5.82 Å². The second kappa shape index (κ2) is 8.23. The second-order valence-electron chi connectivity index (χ2n) is 6.95. The molecule has 2 aromatic heterocycles. The molecule has 0 aliphatic rings. The first-order chi connectivity index (χ1) is 14.0. The lowest BCUT2D eigenvalue weighted by molar-refractivity contribution is 0.261. The number of likely N-dealkylation sites (N-methyl/N-ethyl adjacent to an activating group) is 1. The standard InChI is InChI=1S/C23H20ClFN2O2/c1-27(2)12-13-28-17-10-8-16(9-11-17)22-19(15-6-4-3-5-7-15)20-21(24)18(25)14-26-23(20)29-22/h3-11,14H,12-13H2,1-2H3. The molecule has 29 heavy (non-hydrogen) atoms. The lowest BCUT2D eigenvalue weighted by atomic mass is 9.99. The largest absolute Gasteiger partial charge is 0.492 e. The maximum absolute atomic E-state index is 14.1. The van der Waals surface area contributed by atoms with Crippen LogP contribution < -0.4 is 4.74 Å². The predicted molar refractivity (Wildman–Crippen MR) is 114 cm³/mol. The monoisotopic (exact) mass is 410 g/mol. The number of nitrogens with zero attached hydrogens (tertiary/aromatic N) is 2. The van der Waals surface area contributed by atoms with Crippen LogP contribution in [0.25, 0.3) is 33.6 Å². The van der Waals surface area contributed by atoms with Gasteiger partial charge in [-0.2, -0.15) is 0 Å². The van der Waals surface area contributed by atoms with Crippen LogP contribution in [-0.2, 0) is 0 Å². The van der Waals surface area contributed by atoms with E-state index in [1.807, 2.05) is 68.7 Å². The molecule has 2 aromatic carbocycles. The molecule has 0 saturated heterocycles. The van der Waals surface area contributed by atoms with Crippen LogP contribution in [0.4, 0.5) is 4.39 Å². The molecule has 0 spiro atoms. The van der Waals surface area contributed by atoms with Gasteiger partial charge < -0.3 is 14.1 Å². The highest BCUT2D eigenvalue weighted by molar-refractivity contribution is 6.36. The molecular formula is C23H20ClFN2O2. The Balaban J connectivity index is 1.79. The molecule has 0 N–H and O–H groups in total. The van der Waals surface area contributed by atoms with Crippen molar-refractivity contribution < 1.29 is 13.5 Å². The summed E-state index contributed by atoms with van der Waals surface area (Å²) in [4.78, 5) is 6.15. The molecule has 4 aromatic rings. The van der Waals surface area contributed by atoms with Crippen molar-refractivity contribution in [2.75, 3.05) is 27.2 Å². The molecular weight excluding hydrogens is 391 g/mol. The Morgan fingerprint density at radius 1 is 1.03 bits per heavy atom. The van der Waals surface area contributed by atoms with Gasteiger partial charge in [0.05, 0.1) is 16.6 Å². The number of benzene rings is 2. The number of fused-ring (bicyclic) bond motifs is 1. The first-order valence-corrected chi connectivity index (χ1v) is 9.62. The average molecular weight is 411 g/mol. The number of hydrogen-bond donors (Lipinski definition) is 0. The molecule has 2 heterocycles. The van der Waals surface area contributed by atoms with Gasteiger partial charge in [-0.25, -0.2) is 9.37 Å². The van der Waals surface area contributed by atoms with Gasteiger partial charge in [-0.05, 0) is 43.9 Å². The van der Waals surface area contributed by atoms with Crippen molar-refractivity contribution >= 4 is 22.7 Å². The van der Waals surface area contributed by atoms with Gasteiger partial charge in [0.1, 0.15) is 18.1 Å². The van der Waals surface area contributed by atoms with Crippen molar-refractivity contribution in [3.05, 3.63) is 71.6 Å². The molecule has 4 rings (SSSR count). The van der Waals surface area contributed by atoms with E-state index in [1.165, 1.54) is 0 Å². The fraction of sp³-hybridized carbons (Fsp3) is 0.174. The number of furan rings is 1. The number of rotatable bonds is 6. The third-order valence-electron chi connectivity index (χ3n) is 4.60. The van der Waals surface area contributed by atoms with Crippen LogP contribution >= 0.6 is 11.6 Å². The Morgan fingerprint density at radius 2 is 1.76 bits per heavy atom. The van der Waals surface area contributed by atoms with E-state index in [0.29, 0.717) is 23.5 Å². The molecule has 148 valence electrons. The molecule has 0 amide bonds. The van der Waals surface area contributed by atoms with Gasteiger partial charge in [0.2, 0.25) is 5.71 Å². The summed E-state index contributed by atoms with van der Waals surface area (Å²) in [6.07, 6.45) is 1.08. The quantitative estimate of drug-likeness (QED) is 0.397. The topological polar surface area (TPSA) is 38.5 Å². The molecule has 0 fully saturated rings. The summed E-state index contributed by atoms with van der Waals surface area (Å²) in [5.41, 5.74) is 2.73. The van der Waals surface area contributed by atoms with Crippen LogP contribution in [0.1, 0.15) is 0 Å². The molecule has 4 nitrogen and oxygen atoms in total. The van der Waals surface area contributed by atoms with Gasteiger partial charge in [0, 0.05) is 17.7 Å². The number of hydrogen-bond acceptors (Lipinski definition) is 4. The van der Waals surface area contributed by atoms with E-state index in [4.69, 9.17) is 20.8 Å². The van der Waals surface area contributed by atoms with Crippen LogP contribution in [0.2, 0.25) is 5.02 Å². The van der Waals surface area contributed by atoms with Crippen molar-refractivity contribution in [1.82, 2.24) is 9.88 Å². The van der Waals surface area contributed by atoms with E-state index in [1.54, 1.807) is 0 Å². The van der Waals surface area contributed by atoms with E-state index >= 15 is 0 Å². The summed E-state index contributed by atoms with van der Waals surface area (Å²) in [6, 6.07) is 17.2. The van der Waals surface area contributed by atoms with Crippen LogP contribution in [-0.4, -0.2) is 37.1 Å². The summed E-state index contributed by atoms with van der Waals surface area (Å²) in [5.74, 6) is 0.787. The summed E-state index contributed by atoms with van der Waals surface area (Å²) < 4.78 is 25.9. The third-order valence-corrected chi connectivity index (χ3v) is 4.97. The van der Waals surface area contributed by atoms with Gasteiger partial charge >= 0.3 is 0 Å². The van der Waals surface area contributed by atoms with Gasteiger partial charge in [-0.3, -0.25) is 0 Å². The van der Waals surface area contributed by atoms with Crippen molar-refractivity contribution in [2.24, 2.45) is 0 Å². The summed E-state index contributed by atoms with van der Waals surface area (Å²) >= 11 is 6.29. The first-order valence-electron chi connectivity index (χ1n) is 9.24. The highest BCUT2D eigenvalue weighted by Gasteiger charge is 2.22. The normalized spacial score (nSPS) is 11.3. The van der Waals surface area contributed by atoms with Crippen molar-refractivity contribution in [3.63, 3.8) is 0 Å². The number of ether oxygens (including phenoxy) is 1. The molecule has 0 bridgehead atoms. The predicted octanol–water partition coefficient (Wildman–Crippen LogP) is 5.89. The van der Waals surface area contributed by atoms with E-state index in [0.717, 1.165) is 35.2 Å². The molecule has 0 saturated carbocycles. The first kappa shape index (κ1) is 19.4. The summed E-state index contributed by atoms with van der Waals surface area (Å²) in [6.45, 7) is 1.43. The second-order valence-corrected chi connectivity index (χ2v) is 7.33. The SMILES string of the molecule is CN(C)CCOc1ccc(-c2oc3ncc(F)c(Cl)c3c2-c2ccccc2)cc1. The van der Waals surface area contributed by atoms with Crippen LogP contribution in [0.3, 0.4) is 0 Å². The minimum absolute atomic E-state index is 0.00694. The van der Waals surface area contributed by atoms with Crippen molar-refractivity contribution in [3.8, 4) is 28.2 Å². The Morgan fingerprint density at radius 3 is 2.45 bits per heavy atom. The zero-order valence-corrected chi connectivity index (χ0v) is 16.9. The molecule has 0 atom stereocenters. The van der Waals surface area contributed by atoms with E-state index in [2.05, 4.69) is 9.88 Å². The zero-order valence-electron chi connectivity index (χ0n) is 16.2. The van der Waals surface area contributed by atoms with Gasteiger partial charge in [-0.1, -0.05) is 41.9 Å². The lowest BCUT2D eigenvalue weighted by Gasteiger charge is -2.11. The fourth-order valence-corrected chi connectivity index (χ4v) is 3.36. The third kappa shape index (κ3) is 3.97. The van der Waals surface area contributed by atoms with Crippen molar-refractivity contribution in [1.29, 1.82) is 0 Å². The van der Waals surface area contributed by atoms with Crippen LogP contribution in [0, 0.1) is 5.82 Å². The highest BCUT2D eigenvalue weighted by Crippen LogP contribution is 2.43.